The Bertz CT molecular complexity index is 1300. The summed E-state index contributed by atoms with van der Waals surface area (Å²) in [5.74, 6) is -0.302. The van der Waals surface area contributed by atoms with Gasteiger partial charge in [-0.15, -0.1) is 0 Å². The van der Waals surface area contributed by atoms with E-state index < -0.39 is 0 Å². The normalized spacial score (nSPS) is 11.5. The highest BCUT2D eigenvalue weighted by atomic mass is 32.1. The lowest BCUT2D eigenvalue weighted by atomic mass is 9.98. The first kappa shape index (κ1) is 24.6. The Morgan fingerprint density at radius 3 is 2.06 bits per heavy atom. The zero-order valence-electron chi connectivity index (χ0n) is 20.5. The predicted molar refractivity (Wildman–Crippen MR) is 146 cm³/mol. The van der Waals surface area contributed by atoms with Crippen LogP contribution in [-0.4, -0.2) is 0 Å². The minimum atomic E-state index is -0.302. The number of aryl methyl sites for hydroxylation is 2. The molecular formula is C31H35FOS. The molecule has 0 aliphatic rings. The number of rotatable bonds is 11. The molecule has 0 unspecified atom stereocenters. The van der Waals surface area contributed by atoms with Crippen LogP contribution in [0.1, 0.15) is 76.3 Å². The molecule has 0 aliphatic carbocycles. The SMILES string of the molecule is CCCCCCCCCCc1ccc(-c2ccc3c(c2)c(=S)oc2c(F)c(CC)ccc23)cc1. The highest BCUT2D eigenvalue weighted by Gasteiger charge is 2.13. The van der Waals surface area contributed by atoms with Crippen LogP contribution in [0.2, 0.25) is 0 Å². The Kier molecular flexibility index (Phi) is 8.50. The van der Waals surface area contributed by atoms with Gasteiger partial charge in [-0.25, -0.2) is 4.39 Å². The van der Waals surface area contributed by atoms with Crippen molar-refractivity contribution in [2.24, 2.45) is 0 Å². The largest absolute Gasteiger partial charge is 0.441 e. The van der Waals surface area contributed by atoms with E-state index in [1.54, 1.807) is 0 Å². The van der Waals surface area contributed by atoms with Crippen molar-refractivity contribution in [3.8, 4) is 11.1 Å². The average Bonchev–Trinajstić information content (AvgIpc) is 2.86. The molecule has 4 aromatic rings. The van der Waals surface area contributed by atoms with Gasteiger partial charge >= 0.3 is 0 Å². The molecule has 1 heterocycles. The van der Waals surface area contributed by atoms with Crippen LogP contribution in [0, 0.1) is 10.5 Å². The Morgan fingerprint density at radius 2 is 1.35 bits per heavy atom. The van der Waals surface area contributed by atoms with Gasteiger partial charge in [0.25, 0.3) is 0 Å². The van der Waals surface area contributed by atoms with E-state index >= 15 is 0 Å². The van der Waals surface area contributed by atoms with Crippen molar-refractivity contribution >= 4 is 34.0 Å². The average molecular weight is 475 g/mol. The Morgan fingerprint density at radius 1 is 0.706 bits per heavy atom. The van der Waals surface area contributed by atoms with Crippen LogP contribution >= 0.6 is 12.2 Å². The van der Waals surface area contributed by atoms with Gasteiger partial charge in [0.15, 0.2) is 16.1 Å². The van der Waals surface area contributed by atoms with E-state index in [4.69, 9.17) is 16.6 Å². The molecule has 4 rings (SSSR count). The first-order valence-corrected chi connectivity index (χ1v) is 13.3. The standard InChI is InChI=1S/C31H35FOS/c1-3-5-6-7-8-9-10-11-12-22-13-15-24(16-14-22)25-18-19-26-27-20-17-23(4-2)29(32)30(27)33-31(34)28(26)21-25/h13-21H,3-12H2,1-2H3. The van der Waals surface area contributed by atoms with Crippen molar-refractivity contribution in [3.05, 3.63) is 76.2 Å². The van der Waals surface area contributed by atoms with Crippen LogP contribution in [0.5, 0.6) is 0 Å². The molecule has 0 bridgehead atoms. The van der Waals surface area contributed by atoms with Gasteiger partial charge in [0, 0.05) is 10.8 Å². The molecule has 1 nitrogen and oxygen atoms in total. The summed E-state index contributed by atoms with van der Waals surface area (Å²) >= 11 is 5.52. The van der Waals surface area contributed by atoms with Crippen molar-refractivity contribution in [1.29, 1.82) is 0 Å². The molecule has 0 N–H and O–H groups in total. The van der Waals surface area contributed by atoms with Crippen molar-refractivity contribution in [3.63, 3.8) is 0 Å². The summed E-state index contributed by atoms with van der Waals surface area (Å²) in [7, 11) is 0. The topological polar surface area (TPSA) is 13.1 Å². The van der Waals surface area contributed by atoms with Crippen molar-refractivity contribution in [2.45, 2.75) is 78.1 Å². The highest BCUT2D eigenvalue weighted by Crippen LogP contribution is 2.33. The second kappa shape index (κ2) is 11.8. The Hall–Kier alpha value is -2.52. The molecule has 1 aromatic heterocycles. The fraction of sp³-hybridized carbons (Fsp3) is 0.387. The third-order valence-electron chi connectivity index (χ3n) is 6.89. The van der Waals surface area contributed by atoms with E-state index in [1.165, 1.54) is 56.9 Å². The predicted octanol–water partition coefficient (Wildman–Crippen LogP) is 10.4. The van der Waals surface area contributed by atoms with E-state index in [2.05, 4.69) is 43.3 Å². The van der Waals surface area contributed by atoms with Gasteiger partial charge in [0.1, 0.15) is 0 Å². The summed E-state index contributed by atoms with van der Waals surface area (Å²) in [6, 6.07) is 18.8. The van der Waals surface area contributed by atoms with Crippen molar-refractivity contribution in [1.82, 2.24) is 0 Å². The van der Waals surface area contributed by atoms with Crippen LogP contribution in [0.15, 0.2) is 59.0 Å². The van der Waals surface area contributed by atoms with Gasteiger partial charge in [0.05, 0.1) is 0 Å². The maximum absolute atomic E-state index is 14.8. The van der Waals surface area contributed by atoms with Gasteiger partial charge < -0.3 is 4.42 Å². The van der Waals surface area contributed by atoms with Crippen LogP contribution in [0.4, 0.5) is 4.39 Å². The summed E-state index contributed by atoms with van der Waals surface area (Å²) in [5, 5.41) is 2.56. The van der Waals surface area contributed by atoms with Crippen LogP contribution in [-0.2, 0) is 12.8 Å². The summed E-state index contributed by atoms with van der Waals surface area (Å²) in [6.07, 6.45) is 12.5. The quantitative estimate of drug-likeness (QED) is 0.122. The monoisotopic (exact) mass is 474 g/mol. The van der Waals surface area contributed by atoms with E-state index in [9.17, 15) is 4.39 Å². The second-order valence-corrected chi connectivity index (χ2v) is 9.71. The number of hydrogen-bond donors (Lipinski definition) is 0. The van der Waals surface area contributed by atoms with E-state index in [0.717, 1.165) is 33.7 Å². The maximum Gasteiger partial charge on any atom is 0.198 e. The molecule has 0 amide bonds. The summed E-state index contributed by atoms with van der Waals surface area (Å²) in [5.41, 5.74) is 4.55. The zero-order valence-corrected chi connectivity index (χ0v) is 21.3. The molecular weight excluding hydrogens is 439 g/mol. The molecule has 0 spiro atoms. The molecule has 0 aliphatic heterocycles. The lowest BCUT2D eigenvalue weighted by Crippen LogP contribution is -1.91. The van der Waals surface area contributed by atoms with Crippen LogP contribution < -0.4 is 0 Å². The van der Waals surface area contributed by atoms with Gasteiger partial charge in [-0.1, -0.05) is 107 Å². The number of halogens is 1. The Labute approximate surface area is 208 Å². The van der Waals surface area contributed by atoms with Crippen LogP contribution in [0.25, 0.3) is 32.9 Å². The van der Waals surface area contributed by atoms with Crippen molar-refractivity contribution in [2.75, 3.05) is 0 Å². The third-order valence-corrected chi connectivity index (χ3v) is 7.19. The lowest BCUT2D eigenvalue weighted by molar-refractivity contribution is 0.540. The first-order valence-electron chi connectivity index (χ1n) is 12.9. The Balaban J connectivity index is 1.46. The minimum Gasteiger partial charge on any atom is -0.441 e. The van der Waals surface area contributed by atoms with E-state index in [1.807, 2.05) is 25.1 Å². The minimum absolute atomic E-state index is 0.259. The first-order chi connectivity index (χ1) is 16.6. The fourth-order valence-corrected chi connectivity index (χ4v) is 5.04. The summed E-state index contributed by atoms with van der Waals surface area (Å²) in [6.45, 7) is 4.20. The lowest BCUT2D eigenvalue weighted by Gasteiger charge is -2.10. The fourth-order valence-electron chi connectivity index (χ4n) is 4.78. The molecule has 0 radical (unpaired) electrons. The molecule has 0 saturated carbocycles. The molecule has 3 heteroatoms. The van der Waals surface area contributed by atoms with Crippen LogP contribution in [0.3, 0.4) is 0 Å². The summed E-state index contributed by atoms with van der Waals surface area (Å²) < 4.78 is 20.9. The molecule has 3 aromatic carbocycles. The van der Waals surface area contributed by atoms with Gasteiger partial charge in [-0.2, -0.15) is 0 Å². The number of fused-ring (bicyclic) bond motifs is 3. The zero-order chi connectivity index (χ0) is 23.9. The van der Waals surface area contributed by atoms with Gasteiger partial charge in [-0.05, 0) is 65.2 Å². The molecule has 0 saturated heterocycles. The highest BCUT2D eigenvalue weighted by molar-refractivity contribution is 7.71. The molecule has 34 heavy (non-hydrogen) atoms. The smallest absolute Gasteiger partial charge is 0.198 e. The number of hydrogen-bond acceptors (Lipinski definition) is 2. The number of benzene rings is 3. The van der Waals surface area contributed by atoms with Gasteiger partial charge in [0.2, 0.25) is 0 Å². The number of unbranched alkanes of at least 4 members (excludes halogenated alkanes) is 7. The molecule has 0 atom stereocenters. The molecule has 178 valence electrons. The van der Waals surface area contributed by atoms with Gasteiger partial charge in [-0.3, -0.25) is 0 Å². The van der Waals surface area contributed by atoms with E-state index in [-0.39, 0.29) is 11.4 Å². The second-order valence-electron chi connectivity index (χ2n) is 9.34. The maximum atomic E-state index is 14.8. The summed E-state index contributed by atoms with van der Waals surface area (Å²) in [4.78, 5) is 0. The molecule has 0 fully saturated rings. The van der Waals surface area contributed by atoms with Crippen molar-refractivity contribution < 1.29 is 8.81 Å². The van der Waals surface area contributed by atoms with E-state index in [0.29, 0.717) is 16.7 Å². The third kappa shape index (κ3) is 5.58.